The summed E-state index contributed by atoms with van der Waals surface area (Å²) in [6.45, 7) is 7.25. The van der Waals surface area contributed by atoms with Gasteiger partial charge in [-0.3, -0.25) is 4.79 Å². The summed E-state index contributed by atoms with van der Waals surface area (Å²) >= 11 is 0. The second kappa shape index (κ2) is 10.1. The Labute approximate surface area is 188 Å². The third kappa shape index (κ3) is 6.02. The maximum absolute atomic E-state index is 13.7. The van der Waals surface area contributed by atoms with Crippen molar-refractivity contribution >= 4 is 12.0 Å². The van der Waals surface area contributed by atoms with Gasteiger partial charge in [-0.15, -0.1) is 0 Å². The van der Waals surface area contributed by atoms with Crippen LogP contribution in [0.4, 0.5) is 9.18 Å². The minimum Gasteiger partial charge on any atom is -0.489 e. The molecular weight excluding hydrogens is 413 g/mol. The Morgan fingerprint density at radius 2 is 1.81 bits per heavy atom. The molecule has 8 heteroatoms. The molecule has 1 aromatic heterocycles. The van der Waals surface area contributed by atoms with Crippen molar-refractivity contribution in [2.45, 2.75) is 45.3 Å². The second-order valence-electron chi connectivity index (χ2n) is 9.00. The first-order valence-electron chi connectivity index (χ1n) is 10.9. The normalized spacial score (nSPS) is 14.8. The maximum Gasteiger partial charge on any atom is 0.410 e. The highest BCUT2D eigenvalue weighted by molar-refractivity contribution is 5.92. The number of hydrogen-bond acceptors (Lipinski definition) is 4. The predicted molar refractivity (Wildman–Crippen MR) is 119 cm³/mol. The molecule has 0 unspecified atom stereocenters. The van der Waals surface area contributed by atoms with Gasteiger partial charge >= 0.3 is 6.09 Å². The molecule has 32 heavy (non-hydrogen) atoms. The zero-order valence-corrected chi connectivity index (χ0v) is 19.2. The number of piperidine rings is 1. The number of hydrogen-bond donors (Lipinski definition) is 0. The lowest BCUT2D eigenvalue weighted by atomic mass is 10.0. The Morgan fingerprint density at radius 3 is 2.47 bits per heavy atom. The van der Waals surface area contributed by atoms with Gasteiger partial charge in [-0.2, -0.15) is 0 Å². The molecule has 1 fully saturated rings. The summed E-state index contributed by atoms with van der Waals surface area (Å²) in [6.07, 6.45) is 3.10. The van der Waals surface area contributed by atoms with Crippen molar-refractivity contribution < 1.29 is 23.5 Å². The molecule has 3 rings (SSSR count). The van der Waals surface area contributed by atoms with Gasteiger partial charge in [0.15, 0.2) is 11.6 Å². The number of carbonyl (C=O) groups excluding carboxylic acids is 2. The molecule has 0 aliphatic carbocycles. The van der Waals surface area contributed by atoms with E-state index in [1.54, 1.807) is 41.1 Å². The van der Waals surface area contributed by atoms with Gasteiger partial charge in [0, 0.05) is 32.4 Å². The minimum absolute atomic E-state index is 0.123. The summed E-state index contributed by atoms with van der Waals surface area (Å²) in [4.78, 5) is 28.6. The third-order valence-electron chi connectivity index (χ3n) is 5.38. The Balaban J connectivity index is 1.54. The van der Waals surface area contributed by atoms with Gasteiger partial charge < -0.3 is 23.8 Å². The highest BCUT2D eigenvalue weighted by Crippen LogP contribution is 2.26. The first-order chi connectivity index (χ1) is 15.2. The number of carbonyl (C=O) groups is 2. The number of likely N-dealkylation sites (N-methyl/N-ethyl adjacent to an activating group) is 1. The van der Waals surface area contributed by atoms with E-state index in [-0.39, 0.29) is 30.4 Å². The first kappa shape index (κ1) is 23.6. The SMILES string of the molecule is CN(CCOc1ccccc1F)C(=O)c1cccn1C1CCN(C(=O)OC(C)(C)C)CC1. The van der Waals surface area contributed by atoms with E-state index in [1.807, 2.05) is 37.6 Å². The van der Waals surface area contributed by atoms with Crippen LogP contribution in [-0.4, -0.2) is 65.3 Å². The van der Waals surface area contributed by atoms with E-state index < -0.39 is 11.4 Å². The molecule has 0 spiro atoms. The fourth-order valence-corrected chi connectivity index (χ4v) is 3.70. The molecule has 2 amide bonds. The number of halogens is 1. The Bertz CT molecular complexity index is 929. The zero-order chi connectivity index (χ0) is 23.3. The summed E-state index contributed by atoms with van der Waals surface area (Å²) in [5.41, 5.74) is 0.0725. The number of ether oxygens (including phenoxy) is 2. The van der Waals surface area contributed by atoms with Gasteiger partial charge in [-0.05, 0) is 57.9 Å². The highest BCUT2D eigenvalue weighted by atomic mass is 19.1. The molecule has 0 bridgehead atoms. The molecule has 1 aliphatic heterocycles. The lowest BCUT2D eigenvalue weighted by Crippen LogP contribution is -2.42. The van der Waals surface area contributed by atoms with Crippen molar-refractivity contribution in [1.82, 2.24) is 14.4 Å². The van der Waals surface area contributed by atoms with Crippen LogP contribution in [0.25, 0.3) is 0 Å². The van der Waals surface area contributed by atoms with E-state index in [0.717, 1.165) is 12.8 Å². The zero-order valence-electron chi connectivity index (χ0n) is 19.2. The molecule has 1 aliphatic rings. The topological polar surface area (TPSA) is 64.0 Å². The smallest absolute Gasteiger partial charge is 0.410 e. The van der Waals surface area contributed by atoms with Crippen LogP contribution in [0.5, 0.6) is 5.75 Å². The van der Waals surface area contributed by atoms with Gasteiger partial charge in [0.1, 0.15) is 17.9 Å². The summed E-state index contributed by atoms with van der Waals surface area (Å²) in [5.74, 6) is -0.372. The molecule has 0 radical (unpaired) electrons. The fourth-order valence-electron chi connectivity index (χ4n) is 3.70. The van der Waals surface area contributed by atoms with E-state index in [9.17, 15) is 14.0 Å². The lowest BCUT2D eigenvalue weighted by molar-refractivity contribution is 0.0186. The average Bonchev–Trinajstić information content (AvgIpc) is 3.23. The van der Waals surface area contributed by atoms with Gasteiger partial charge in [0.2, 0.25) is 0 Å². The highest BCUT2D eigenvalue weighted by Gasteiger charge is 2.29. The molecule has 174 valence electrons. The minimum atomic E-state index is -0.519. The predicted octanol–water partition coefficient (Wildman–Crippen LogP) is 4.35. The number of para-hydroxylation sites is 1. The maximum atomic E-state index is 13.7. The van der Waals surface area contributed by atoms with Gasteiger partial charge in [-0.25, -0.2) is 9.18 Å². The number of nitrogens with zero attached hydrogens (tertiary/aromatic N) is 3. The van der Waals surface area contributed by atoms with Crippen molar-refractivity contribution in [3.63, 3.8) is 0 Å². The second-order valence-corrected chi connectivity index (χ2v) is 9.00. The largest absolute Gasteiger partial charge is 0.489 e. The number of benzene rings is 1. The Morgan fingerprint density at radius 1 is 1.12 bits per heavy atom. The Hall–Kier alpha value is -3.03. The summed E-state index contributed by atoms with van der Waals surface area (Å²) in [6, 6.07) is 9.99. The quantitative estimate of drug-likeness (QED) is 0.663. The first-order valence-corrected chi connectivity index (χ1v) is 10.9. The number of amides is 2. The summed E-state index contributed by atoms with van der Waals surface area (Å²) < 4.78 is 26.6. The number of likely N-dealkylation sites (tertiary alicyclic amines) is 1. The monoisotopic (exact) mass is 445 g/mol. The molecule has 0 N–H and O–H groups in total. The summed E-state index contributed by atoms with van der Waals surface area (Å²) in [7, 11) is 1.70. The number of aromatic nitrogens is 1. The Kier molecular flexibility index (Phi) is 7.43. The number of rotatable bonds is 6. The van der Waals surface area contributed by atoms with Crippen LogP contribution < -0.4 is 4.74 Å². The van der Waals surface area contributed by atoms with Gasteiger partial charge in [0.25, 0.3) is 5.91 Å². The molecule has 7 nitrogen and oxygen atoms in total. The van der Waals surface area contributed by atoms with Crippen molar-refractivity contribution in [3.8, 4) is 5.75 Å². The molecule has 2 heterocycles. The summed E-state index contributed by atoms with van der Waals surface area (Å²) in [5, 5.41) is 0. The van der Waals surface area contributed by atoms with E-state index >= 15 is 0 Å². The van der Waals surface area contributed by atoms with Crippen LogP contribution in [-0.2, 0) is 4.74 Å². The molecule has 2 aromatic rings. The lowest BCUT2D eigenvalue weighted by Gasteiger charge is -2.34. The van der Waals surface area contributed by atoms with E-state index in [2.05, 4.69) is 0 Å². The molecular formula is C24H32FN3O4. The van der Waals surface area contributed by atoms with E-state index in [4.69, 9.17) is 9.47 Å². The van der Waals surface area contributed by atoms with Crippen LogP contribution in [0.2, 0.25) is 0 Å². The van der Waals surface area contributed by atoms with Crippen molar-refractivity contribution in [2.24, 2.45) is 0 Å². The molecule has 1 saturated heterocycles. The average molecular weight is 446 g/mol. The fraction of sp³-hybridized carbons (Fsp3) is 0.500. The van der Waals surface area contributed by atoms with Crippen LogP contribution in [0.1, 0.15) is 50.1 Å². The van der Waals surface area contributed by atoms with Crippen LogP contribution in [0.15, 0.2) is 42.6 Å². The molecule has 0 atom stereocenters. The molecule has 0 saturated carbocycles. The standard InChI is InChI=1S/C24H32FN3O4/c1-24(2,3)32-23(30)27-14-11-18(12-15-27)28-13-7-9-20(28)22(29)26(4)16-17-31-21-10-6-5-8-19(21)25/h5-10,13,18H,11-12,14-17H2,1-4H3. The van der Waals surface area contributed by atoms with Gasteiger partial charge in [0.05, 0.1) is 6.54 Å². The third-order valence-corrected chi connectivity index (χ3v) is 5.38. The van der Waals surface area contributed by atoms with E-state index in [0.29, 0.717) is 25.3 Å². The van der Waals surface area contributed by atoms with Crippen molar-refractivity contribution in [3.05, 3.63) is 54.1 Å². The van der Waals surface area contributed by atoms with Crippen LogP contribution >= 0.6 is 0 Å². The van der Waals surface area contributed by atoms with Crippen LogP contribution in [0, 0.1) is 5.82 Å². The van der Waals surface area contributed by atoms with Crippen LogP contribution in [0.3, 0.4) is 0 Å². The van der Waals surface area contributed by atoms with Gasteiger partial charge in [-0.1, -0.05) is 12.1 Å². The molecule has 1 aromatic carbocycles. The van der Waals surface area contributed by atoms with Crippen molar-refractivity contribution in [1.29, 1.82) is 0 Å². The van der Waals surface area contributed by atoms with Crippen molar-refractivity contribution in [2.75, 3.05) is 33.3 Å². The van der Waals surface area contributed by atoms with E-state index in [1.165, 1.54) is 6.07 Å².